The second-order valence-corrected chi connectivity index (χ2v) is 10.9. The Morgan fingerprint density at radius 3 is 2.55 bits per heavy atom. The molecule has 1 N–H and O–H groups in total. The molecule has 2 aliphatic rings. The number of ether oxygens (including phenoxy) is 2. The topological polar surface area (TPSA) is 120 Å². The average molecular weight is 560 g/mol. The zero-order chi connectivity index (χ0) is 27.5. The van der Waals surface area contributed by atoms with Gasteiger partial charge in [-0.3, -0.25) is 14.9 Å². The highest BCUT2D eigenvalue weighted by Gasteiger charge is 2.37. The van der Waals surface area contributed by atoms with E-state index in [1.54, 1.807) is 48.8 Å². The zero-order valence-electron chi connectivity index (χ0n) is 22.0. The molecule has 3 heterocycles. The molecule has 2 amide bonds. The molecule has 11 heteroatoms. The van der Waals surface area contributed by atoms with E-state index in [2.05, 4.69) is 20.5 Å². The molecule has 206 valence electrons. The molecule has 6 rings (SSSR count). The Balaban J connectivity index is 1.22. The Morgan fingerprint density at radius 1 is 1.02 bits per heavy atom. The predicted octanol–water partition coefficient (Wildman–Crippen LogP) is 5.86. The summed E-state index contributed by atoms with van der Waals surface area (Å²) < 4.78 is 17.8. The van der Waals surface area contributed by atoms with Crippen LogP contribution in [0.2, 0.25) is 0 Å². The highest BCUT2D eigenvalue weighted by atomic mass is 32.1. The van der Waals surface area contributed by atoms with Gasteiger partial charge in [-0.2, -0.15) is 0 Å². The number of nitrogens with one attached hydrogen (secondary N) is 1. The Hall–Kier alpha value is -4.25. The van der Waals surface area contributed by atoms with E-state index in [-0.39, 0.29) is 11.8 Å². The molecule has 4 aromatic rings. The summed E-state index contributed by atoms with van der Waals surface area (Å²) in [4.78, 5) is 32.4. The molecule has 1 unspecified atom stereocenters. The van der Waals surface area contributed by atoms with Crippen LogP contribution in [0.5, 0.6) is 17.2 Å². The Kier molecular flexibility index (Phi) is 7.45. The van der Waals surface area contributed by atoms with Gasteiger partial charge in [0.15, 0.2) is 11.2 Å². The lowest BCUT2D eigenvalue weighted by atomic mass is 9.94. The van der Waals surface area contributed by atoms with Crippen molar-refractivity contribution in [1.82, 2.24) is 20.1 Å². The van der Waals surface area contributed by atoms with Gasteiger partial charge in [0.25, 0.3) is 11.8 Å². The maximum atomic E-state index is 13.2. The summed E-state index contributed by atoms with van der Waals surface area (Å²) in [7, 11) is 0. The van der Waals surface area contributed by atoms with Crippen molar-refractivity contribution in [3.63, 3.8) is 0 Å². The second kappa shape index (κ2) is 11.5. The van der Waals surface area contributed by atoms with Crippen molar-refractivity contribution < 1.29 is 23.5 Å². The molecule has 40 heavy (non-hydrogen) atoms. The molecule has 1 saturated heterocycles. The third-order valence-electron chi connectivity index (χ3n) is 7.14. The van der Waals surface area contributed by atoms with Crippen LogP contribution in [0.15, 0.2) is 58.5 Å². The van der Waals surface area contributed by atoms with Crippen molar-refractivity contribution in [2.24, 2.45) is 0 Å². The lowest BCUT2D eigenvalue weighted by Gasteiger charge is -2.31. The van der Waals surface area contributed by atoms with E-state index in [4.69, 9.17) is 13.9 Å². The zero-order valence-corrected chi connectivity index (χ0v) is 22.9. The summed E-state index contributed by atoms with van der Waals surface area (Å²) in [6.45, 7) is 2.42. The maximum absolute atomic E-state index is 13.2. The van der Waals surface area contributed by atoms with Crippen molar-refractivity contribution >= 4 is 28.3 Å². The summed E-state index contributed by atoms with van der Waals surface area (Å²) >= 11 is 1.33. The fourth-order valence-electron chi connectivity index (χ4n) is 5.20. The average Bonchev–Trinajstić information content (AvgIpc) is 3.72. The Morgan fingerprint density at radius 2 is 1.82 bits per heavy atom. The number of aryl methyl sites for hydroxylation is 1. The van der Waals surface area contributed by atoms with Gasteiger partial charge in [0.05, 0.1) is 0 Å². The Bertz CT molecular complexity index is 1480. The number of aromatic nitrogens is 3. The fourth-order valence-corrected chi connectivity index (χ4v) is 5.73. The van der Waals surface area contributed by atoms with E-state index in [1.807, 2.05) is 17.0 Å². The second-order valence-electron chi connectivity index (χ2n) is 9.96. The van der Waals surface area contributed by atoms with Gasteiger partial charge in [-0.25, -0.2) is 4.98 Å². The van der Waals surface area contributed by atoms with Crippen LogP contribution in [0, 0.1) is 6.92 Å². The first kappa shape index (κ1) is 26.0. The predicted molar refractivity (Wildman–Crippen MR) is 149 cm³/mol. The summed E-state index contributed by atoms with van der Waals surface area (Å²) in [6, 6.07) is 12.4. The van der Waals surface area contributed by atoms with Crippen LogP contribution in [0.25, 0.3) is 11.5 Å². The van der Waals surface area contributed by atoms with Crippen LogP contribution in [-0.2, 0) is 4.79 Å². The number of benzene rings is 2. The molecule has 0 radical (unpaired) electrons. The monoisotopic (exact) mass is 559 g/mol. The summed E-state index contributed by atoms with van der Waals surface area (Å²) in [5.41, 5.74) is 1.09. The number of amides is 2. The number of nitrogens with zero attached hydrogens (tertiary/aromatic N) is 4. The van der Waals surface area contributed by atoms with Crippen LogP contribution in [0.3, 0.4) is 0 Å². The molecular weight excluding hydrogens is 530 g/mol. The summed E-state index contributed by atoms with van der Waals surface area (Å²) in [5.74, 6) is 1.90. The number of thiazole rings is 1. The lowest BCUT2D eigenvalue weighted by molar-refractivity contribution is -0.135. The van der Waals surface area contributed by atoms with Crippen molar-refractivity contribution in [2.75, 3.05) is 11.9 Å². The van der Waals surface area contributed by atoms with Gasteiger partial charge in [0.2, 0.25) is 11.8 Å². The molecule has 0 bridgehead atoms. The minimum Gasteiger partial charge on any atom is -0.480 e. The van der Waals surface area contributed by atoms with Gasteiger partial charge in [-0.15, -0.1) is 21.5 Å². The normalized spacial score (nSPS) is 17.7. The first-order chi connectivity index (χ1) is 19.5. The van der Waals surface area contributed by atoms with E-state index in [1.165, 1.54) is 17.8 Å². The van der Waals surface area contributed by atoms with Gasteiger partial charge >= 0.3 is 0 Å². The highest BCUT2D eigenvalue weighted by molar-refractivity contribution is 7.13. The highest BCUT2D eigenvalue weighted by Crippen LogP contribution is 2.32. The van der Waals surface area contributed by atoms with Gasteiger partial charge in [0, 0.05) is 54.7 Å². The van der Waals surface area contributed by atoms with E-state index < -0.39 is 6.10 Å². The maximum Gasteiger partial charge on any atom is 0.263 e. The van der Waals surface area contributed by atoms with E-state index in [0.29, 0.717) is 58.7 Å². The third-order valence-corrected chi connectivity index (χ3v) is 7.83. The molecule has 1 aliphatic carbocycles. The molecule has 1 atom stereocenters. The van der Waals surface area contributed by atoms with Crippen LogP contribution < -0.4 is 14.8 Å². The quantitative estimate of drug-likeness (QED) is 0.285. The van der Waals surface area contributed by atoms with Gasteiger partial charge in [0.1, 0.15) is 17.2 Å². The lowest BCUT2D eigenvalue weighted by Crippen LogP contribution is -2.40. The van der Waals surface area contributed by atoms with Crippen LogP contribution in [-0.4, -0.2) is 50.6 Å². The smallest absolute Gasteiger partial charge is 0.263 e. The van der Waals surface area contributed by atoms with Gasteiger partial charge in [-0.05, 0) is 49.2 Å². The fraction of sp³-hybridized carbons (Fsp3) is 0.345. The number of rotatable bonds is 8. The molecule has 2 fully saturated rings. The van der Waals surface area contributed by atoms with Crippen molar-refractivity contribution in [2.45, 2.75) is 57.6 Å². The van der Waals surface area contributed by atoms with Crippen molar-refractivity contribution in [3.8, 4) is 28.7 Å². The molecular formula is C29H29N5O5S. The number of carbonyl (C=O) groups is 2. The summed E-state index contributed by atoms with van der Waals surface area (Å²) in [5, 5.41) is 13.0. The molecule has 0 spiro atoms. The first-order valence-corrected chi connectivity index (χ1v) is 14.3. The number of anilines is 1. The SMILES string of the molecule is Cc1nnc(-c2ccc(Oc3cc(OC4CCN(C5CCCCC5)C4=O)cc(C(=O)Nc4nccs4)c3)cc2)o1. The Labute approximate surface area is 235 Å². The van der Waals surface area contributed by atoms with Gasteiger partial charge in [-0.1, -0.05) is 19.3 Å². The van der Waals surface area contributed by atoms with Crippen molar-refractivity contribution in [3.05, 3.63) is 65.5 Å². The minimum atomic E-state index is -0.593. The van der Waals surface area contributed by atoms with E-state index in [0.717, 1.165) is 31.2 Å². The molecule has 1 saturated carbocycles. The molecule has 2 aromatic carbocycles. The number of likely N-dealkylation sites (tertiary alicyclic amines) is 1. The third kappa shape index (κ3) is 5.84. The van der Waals surface area contributed by atoms with Crippen LogP contribution in [0.1, 0.15) is 54.8 Å². The molecule has 2 aromatic heterocycles. The minimum absolute atomic E-state index is 0.0128. The first-order valence-electron chi connectivity index (χ1n) is 13.4. The van der Waals surface area contributed by atoms with E-state index in [9.17, 15) is 9.59 Å². The largest absolute Gasteiger partial charge is 0.480 e. The van der Waals surface area contributed by atoms with Crippen molar-refractivity contribution in [1.29, 1.82) is 0 Å². The molecule has 1 aliphatic heterocycles. The summed E-state index contributed by atoms with van der Waals surface area (Å²) in [6.07, 6.45) is 7.29. The van der Waals surface area contributed by atoms with Gasteiger partial charge < -0.3 is 18.8 Å². The number of hydrogen-bond acceptors (Lipinski definition) is 9. The van der Waals surface area contributed by atoms with Crippen LogP contribution >= 0.6 is 11.3 Å². The van der Waals surface area contributed by atoms with E-state index >= 15 is 0 Å². The molecule has 10 nitrogen and oxygen atoms in total. The number of hydrogen-bond donors (Lipinski definition) is 1. The number of carbonyl (C=O) groups excluding carboxylic acids is 2. The standard InChI is InChI=1S/C29H29N5O5S/c1-18-32-33-27(37-18)19-7-9-22(10-8-19)38-23-15-20(26(35)31-29-30-12-14-40-29)16-24(17-23)39-25-11-13-34(28(25)36)21-5-3-2-4-6-21/h7-10,12,14-17,21,25H,2-6,11,13H2,1H3,(H,30,31,35). The van der Waals surface area contributed by atoms with Crippen LogP contribution in [0.4, 0.5) is 5.13 Å².